The Hall–Kier alpha value is -4.19. The molecule has 9 nitrogen and oxygen atoms in total. The second kappa shape index (κ2) is 60.9. The van der Waals surface area contributed by atoms with E-state index in [0.29, 0.717) is 6.42 Å². The van der Waals surface area contributed by atoms with E-state index in [1.165, 1.54) is 96.3 Å². The number of aliphatic hydroxyl groups excluding tert-OH is 5. The summed E-state index contributed by atoms with van der Waals surface area (Å²) in [5.41, 5.74) is 0. The molecule has 1 amide bonds. The van der Waals surface area contributed by atoms with Crippen molar-refractivity contribution in [3.05, 3.63) is 158 Å². The van der Waals surface area contributed by atoms with Gasteiger partial charge in [-0.1, -0.05) is 275 Å². The Kier molecular flexibility index (Phi) is 56.4. The number of carbonyl (C=O) groups excluding carboxylic acids is 1. The van der Waals surface area contributed by atoms with Gasteiger partial charge < -0.3 is 40.3 Å². The molecule has 1 rings (SSSR count). The Morgan fingerprint density at radius 2 is 0.759 bits per heavy atom. The molecular formula is C74H121NO8. The average molecular weight is 1150 g/mol. The van der Waals surface area contributed by atoms with Crippen LogP contribution in [-0.4, -0.2) is 87.5 Å². The van der Waals surface area contributed by atoms with Crippen LogP contribution < -0.4 is 5.32 Å². The van der Waals surface area contributed by atoms with E-state index in [2.05, 4.69) is 165 Å². The van der Waals surface area contributed by atoms with Crippen LogP contribution in [0, 0.1) is 0 Å². The van der Waals surface area contributed by atoms with Crippen LogP contribution >= 0.6 is 0 Å². The number of carbonyl (C=O) groups is 1. The van der Waals surface area contributed by atoms with E-state index in [-0.39, 0.29) is 12.5 Å². The third-order valence-corrected chi connectivity index (χ3v) is 14.6. The molecule has 0 aromatic heterocycles. The summed E-state index contributed by atoms with van der Waals surface area (Å²) in [7, 11) is 0. The highest BCUT2D eigenvalue weighted by molar-refractivity contribution is 5.76. The van der Waals surface area contributed by atoms with Gasteiger partial charge in [0.15, 0.2) is 6.29 Å². The molecule has 7 atom stereocenters. The number of hydrogen-bond donors (Lipinski definition) is 6. The Labute approximate surface area is 507 Å². The van der Waals surface area contributed by atoms with E-state index in [1.807, 2.05) is 6.08 Å². The van der Waals surface area contributed by atoms with Crippen molar-refractivity contribution in [3.63, 3.8) is 0 Å². The van der Waals surface area contributed by atoms with Crippen LogP contribution in [0.4, 0.5) is 0 Å². The summed E-state index contributed by atoms with van der Waals surface area (Å²) < 4.78 is 11.3. The number of allylic oxidation sites excluding steroid dienone is 25. The summed E-state index contributed by atoms with van der Waals surface area (Å²) in [6, 6.07) is -0.845. The zero-order valence-corrected chi connectivity index (χ0v) is 52.4. The molecule has 470 valence electrons. The second-order valence-corrected chi connectivity index (χ2v) is 22.2. The van der Waals surface area contributed by atoms with Gasteiger partial charge in [-0.25, -0.2) is 0 Å². The first-order valence-corrected chi connectivity index (χ1v) is 33.2. The Morgan fingerprint density at radius 1 is 0.422 bits per heavy atom. The van der Waals surface area contributed by atoms with Crippen molar-refractivity contribution in [2.24, 2.45) is 0 Å². The van der Waals surface area contributed by atoms with Crippen molar-refractivity contribution in [1.82, 2.24) is 5.32 Å². The van der Waals surface area contributed by atoms with E-state index in [9.17, 15) is 30.3 Å². The highest BCUT2D eigenvalue weighted by atomic mass is 16.7. The van der Waals surface area contributed by atoms with Gasteiger partial charge >= 0.3 is 0 Å². The predicted molar refractivity (Wildman–Crippen MR) is 354 cm³/mol. The lowest BCUT2D eigenvalue weighted by Crippen LogP contribution is -2.60. The first-order chi connectivity index (χ1) is 40.8. The van der Waals surface area contributed by atoms with Gasteiger partial charge in [0.2, 0.25) is 5.91 Å². The minimum absolute atomic E-state index is 0.205. The number of aliphatic hydroxyl groups is 5. The summed E-state index contributed by atoms with van der Waals surface area (Å²) >= 11 is 0. The van der Waals surface area contributed by atoms with Gasteiger partial charge in [-0.2, -0.15) is 0 Å². The van der Waals surface area contributed by atoms with Crippen LogP contribution in [0.25, 0.3) is 0 Å². The molecule has 0 bridgehead atoms. The topological polar surface area (TPSA) is 149 Å². The van der Waals surface area contributed by atoms with Crippen molar-refractivity contribution in [3.8, 4) is 0 Å². The molecule has 1 aliphatic rings. The van der Waals surface area contributed by atoms with Crippen molar-refractivity contribution in [2.45, 2.75) is 288 Å². The molecule has 1 fully saturated rings. The summed E-state index contributed by atoms with van der Waals surface area (Å²) in [6.45, 7) is 3.64. The summed E-state index contributed by atoms with van der Waals surface area (Å²) in [5, 5.41) is 54.6. The monoisotopic (exact) mass is 1150 g/mol. The molecule has 0 spiro atoms. The lowest BCUT2D eigenvalue weighted by atomic mass is 9.99. The molecule has 1 aliphatic heterocycles. The van der Waals surface area contributed by atoms with E-state index in [1.54, 1.807) is 6.08 Å². The molecule has 0 aromatic rings. The smallest absolute Gasteiger partial charge is 0.220 e. The Balaban J connectivity index is 2.21. The highest BCUT2D eigenvalue weighted by Crippen LogP contribution is 2.23. The third kappa shape index (κ3) is 49.7. The normalized spacial score (nSPS) is 19.3. The SMILES string of the molecule is CC/C=C\C/C=C\C/C=C\C/C=C\C/C=C\C/C=C\C/C=C\C/C=C\C/C=C\C/C=C\CCCCCCCCCCC(=O)NC(COC1OC(CO)C(O)C(O)C1O)C(O)/C=C/CC/C=C/CC/C=C/CCCCCCCCCCCCC. The Bertz CT molecular complexity index is 1860. The number of rotatable bonds is 55. The van der Waals surface area contributed by atoms with Crippen LogP contribution in [0.2, 0.25) is 0 Å². The molecule has 7 unspecified atom stereocenters. The van der Waals surface area contributed by atoms with Gasteiger partial charge in [-0.15, -0.1) is 0 Å². The van der Waals surface area contributed by atoms with Gasteiger partial charge in [0, 0.05) is 6.42 Å². The van der Waals surface area contributed by atoms with Crippen molar-refractivity contribution >= 4 is 5.91 Å². The number of hydrogen-bond acceptors (Lipinski definition) is 8. The maximum atomic E-state index is 13.1. The molecule has 83 heavy (non-hydrogen) atoms. The fourth-order valence-corrected chi connectivity index (χ4v) is 9.39. The van der Waals surface area contributed by atoms with Gasteiger partial charge in [-0.3, -0.25) is 4.79 Å². The number of ether oxygens (including phenoxy) is 2. The van der Waals surface area contributed by atoms with E-state index >= 15 is 0 Å². The largest absolute Gasteiger partial charge is 0.394 e. The van der Waals surface area contributed by atoms with E-state index in [4.69, 9.17) is 9.47 Å². The number of unbranched alkanes of at least 4 members (excludes halogenated alkanes) is 21. The summed E-state index contributed by atoms with van der Waals surface area (Å²) in [5.74, 6) is -0.205. The first kappa shape index (κ1) is 76.8. The van der Waals surface area contributed by atoms with Crippen LogP contribution in [0.1, 0.15) is 245 Å². The number of amides is 1. The zero-order valence-electron chi connectivity index (χ0n) is 52.4. The number of nitrogens with one attached hydrogen (secondary N) is 1. The summed E-state index contributed by atoms with van der Waals surface area (Å²) in [4.78, 5) is 13.1. The first-order valence-electron chi connectivity index (χ1n) is 33.2. The van der Waals surface area contributed by atoms with Crippen LogP contribution in [0.3, 0.4) is 0 Å². The van der Waals surface area contributed by atoms with Crippen LogP contribution in [0.5, 0.6) is 0 Å². The molecule has 9 heteroatoms. The molecule has 0 aliphatic carbocycles. The van der Waals surface area contributed by atoms with E-state index in [0.717, 1.165) is 128 Å². The molecule has 0 aromatic carbocycles. The minimum atomic E-state index is -1.59. The molecule has 0 radical (unpaired) electrons. The molecule has 6 N–H and O–H groups in total. The zero-order chi connectivity index (χ0) is 60.0. The molecule has 1 heterocycles. The van der Waals surface area contributed by atoms with Crippen molar-refractivity contribution in [2.75, 3.05) is 13.2 Å². The maximum absolute atomic E-state index is 13.1. The lowest BCUT2D eigenvalue weighted by Gasteiger charge is -2.40. The summed E-state index contributed by atoms with van der Waals surface area (Å²) in [6.07, 6.45) is 88.9. The average Bonchev–Trinajstić information content (AvgIpc) is 3.60. The lowest BCUT2D eigenvalue weighted by molar-refractivity contribution is -0.302. The molecule has 1 saturated heterocycles. The molecular weight excluding hydrogens is 1030 g/mol. The van der Waals surface area contributed by atoms with Gasteiger partial charge in [-0.05, 0) is 122 Å². The third-order valence-electron chi connectivity index (χ3n) is 14.6. The highest BCUT2D eigenvalue weighted by Gasteiger charge is 2.44. The van der Waals surface area contributed by atoms with E-state index < -0.39 is 49.5 Å². The van der Waals surface area contributed by atoms with Gasteiger partial charge in [0.05, 0.1) is 25.4 Å². The van der Waals surface area contributed by atoms with Gasteiger partial charge in [0.1, 0.15) is 24.4 Å². The minimum Gasteiger partial charge on any atom is -0.394 e. The standard InChI is InChI=1S/C74H121NO8/c1-3-5-7-9-11-13-15-17-19-21-23-25-26-27-28-29-30-31-32-33-34-35-36-37-38-39-40-41-42-44-46-48-50-52-54-56-58-60-62-64-70(78)75-67(66-82-74-73(81)72(80)71(79)69(65-76)83-74)68(77)63-61-59-57-55-53-51-49-47-45-43-24-22-20-18-16-14-12-10-8-6-4-2/h5,7,11,13,17,19,23,25,27-28,30-31,33-34,36-37,39-40,42,44-45,47,53,55,61,63,67-69,71-74,76-77,79-81H,3-4,6,8-10,12,14-16,18,20-22,24,26,29,32,35,38,41,43,46,48-52,54,56-60,62,64-66H2,1-2H3,(H,75,78)/b7-5-,13-11-,19-17-,25-23-,28-27-,31-30-,34-33-,37-36-,40-39-,44-42-,47-45+,55-53+,63-61+. The second-order valence-electron chi connectivity index (χ2n) is 22.2. The van der Waals surface area contributed by atoms with Crippen LogP contribution in [0.15, 0.2) is 158 Å². The predicted octanol–water partition coefficient (Wildman–Crippen LogP) is 18.0. The Morgan fingerprint density at radius 3 is 1.16 bits per heavy atom. The molecule has 0 saturated carbocycles. The van der Waals surface area contributed by atoms with Gasteiger partial charge in [0.25, 0.3) is 0 Å². The maximum Gasteiger partial charge on any atom is 0.220 e. The van der Waals surface area contributed by atoms with Crippen LogP contribution in [-0.2, 0) is 14.3 Å². The van der Waals surface area contributed by atoms with Crippen molar-refractivity contribution in [1.29, 1.82) is 0 Å². The quantitative estimate of drug-likeness (QED) is 0.0261. The van der Waals surface area contributed by atoms with Crippen molar-refractivity contribution < 1.29 is 39.8 Å². The fourth-order valence-electron chi connectivity index (χ4n) is 9.39. The fraction of sp³-hybridized carbons (Fsp3) is 0.635.